The zero-order valence-electron chi connectivity index (χ0n) is 15.4. The Kier molecular flexibility index (Phi) is 5.26. The lowest BCUT2D eigenvalue weighted by Gasteiger charge is -2.23. The number of anilines is 1. The summed E-state index contributed by atoms with van der Waals surface area (Å²) < 4.78 is 67.8. The Morgan fingerprint density at radius 1 is 1.20 bits per heavy atom. The standard InChI is InChI=1S/C20H14F5N3O2/c1-19(30,10-28-9-16(22)14-6-12(21)3-5-17(14)28)18(29)27-13-4-2-11(8-26)15(7-13)20(23,24)25/h2-7,9,30H,10H2,1H3,(H,27,29). The molecule has 0 fully saturated rings. The highest BCUT2D eigenvalue weighted by molar-refractivity contribution is 5.97. The smallest absolute Gasteiger partial charge is 0.378 e. The van der Waals surface area contributed by atoms with Crippen LogP contribution in [0, 0.1) is 23.0 Å². The van der Waals surface area contributed by atoms with Gasteiger partial charge in [-0.25, -0.2) is 8.78 Å². The Labute approximate surface area is 167 Å². The van der Waals surface area contributed by atoms with Crippen molar-refractivity contribution in [2.45, 2.75) is 25.2 Å². The van der Waals surface area contributed by atoms with E-state index in [0.29, 0.717) is 6.07 Å². The second-order valence-electron chi connectivity index (χ2n) is 6.86. The van der Waals surface area contributed by atoms with Gasteiger partial charge in [0.25, 0.3) is 5.91 Å². The van der Waals surface area contributed by atoms with Crippen LogP contribution < -0.4 is 5.32 Å². The van der Waals surface area contributed by atoms with E-state index in [1.807, 2.05) is 0 Å². The van der Waals surface area contributed by atoms with E-state index in [1.54, 1.807) is 0 Å². The molecule has 30 heavy (non-hydrogen) atoms. The molecule has 1 aromatic heterocycles. The van der Waals surface area contributed by atoms with Gasteiger partial charge in [0.2, 0.25) is 0 Å². The van der Waals surface area contributed by atoms with Gasteiger partial charge in [-0.2, -0.15) is 18.4 Å². The number of halogens is 5. The molecule has 0 saturated carbocycles. The topological polar surface area (TPSA) is 78.1 Å². The van der Waals surface area contributed by atoms with E-state index >= 15 is 0 Å². The lowest BCUT2D eigenvalue weighted by atomic mass is 10.0. The third kappa shape index (κ3) is 4.11. The molecule has 0 aliphatic rings. The first kappa shape index (κ1) is 21.3. The number of aliphatic hydroxyl groups is 1. The van der Waals surface area contributed by atoms with Gasteiger partial charge in [-0.1, -0.05) is 0 Å². The van der Waals surface area contributed by atoms with Crippen LogP contribution in [0.2, 0.25) is 0 Å². The molecule has 1 atom stereocenters. The predicted molar refractivity (Wildman–Crippen MR) is 97.3 cm³/mol. The Bertz CT molecular complexity index is 1180. The lowest BCUT2D eigenvalue weighted by Crippen LogP contribution is -2.43. The lowest BCUT2D eigenvalue weighted by molar-refractivity contribution is -0.138. The van der Waals surface area contributed by atoms with Crippen LogP contribution in [0.3, 0.4) is 0 Å². The number of nitrogens with zero attached hydrogens (tertiary/aromatic N) is 2. The van der Waals surface area contributed by atoms with Crippen LogP contribution in [-0.4, -0.2) is 21.2 Å². The highest BCUT2D eigenvalue weighted by atomic mass is 19.4. The minimum absolute atomic E-state index is 0.0480. The van der Waals surface area contributed by atoms with Gasteiger partial charge in [0.1, 0.15) is 11.6 Å². The summed E-state index contributed by atoms with van der Waals surface area (Å²) in [6, 6.07) is 7.32. The third-order valence-corrected chi connectivity index (χ3v) is 4.47. The average molecular weight is 423 g/mol. The molecule has 1 unspecified atom stereocenters. The molecule has 1 heterocycles. The molecular formula is C20H14F5N3O2. The maximum absolute atomic E-state index is 14.0. The number of hydrogen-bond acceptors (Lipinski definition) is 3. The largest absolute Gasteiger partial charge is 0.417 e. The molecule has 1 amide bonds. The van der Waals surface area contributed by atoms with Crippen molar-refractivity contribution < 1.29 is 31.9 Å². The number of carbonyl (C=O) groups is 1. The number of fused-ring (bicyclic) bond motifs is 1. The first-order valence-electron chi connectivity index (χ1n) is 8.51. The summed E-state index contributed by atoms with van der Waals surface area (Å²) in [7, 11) is 0. The van der Waals surface area contributed by atoms with Crippen molar-refractivity contribution in [1.29, 1.82) is 5.26 Å². The summed E-state index contributed by atoms with van der Waals surface area (Å²) in [6.07, 6.45) is -3.83. The number of rotatable bonds is 4. The quantitative estimate of drug-likeness (QED) is 0.618. The second-order valence-corrected chi connectivity index (χ2v) is 6.86. The number of alkyl halides is 3. The van der Waals surface area contributed by atoms with Gasteiger partial charge in [-0.05, 0) is 43.3 Å². The van der Waals surface area contributed by atoms with Gasteiger partial charge in [-0.15, -0.1) is 0 Å². The van der Waals surface area contributed by atoms with Crippen molar-refractivity contribution >= 4 is 22.5 Å². The molecule has 0 bridgehead atoms. The van der Waals surface area contributed by atoms with E-state index in [9.17, 15) is 31.9 Å². The van der Waals surface area contributed by atoms with E-state index in [1.165, 1.54) is 16.7 Å². The molecule has 2 aromatic carbocycles. The zero-order valence-corrected chi connectivity index (χ0v) is 15.4. The van der Waals surface area contributed by atoms with Crippen molar-refractivity contribution in [1.82, 2.24) is 4.57 Å². The Morgan fingerprint density at radius 3 is 2.53 bits per heavy atom. The Hall–Kier alpha value is -3.45. The molecule has 5 nitrogen and oxygen atoms in total. The van der Waals surface area contributed by atoms with Crippen molar-refractivity contribution in [3.05, 3.63) is 65.4 Å². The normalized spacial score (nSPS) is 13.7. The van der Waals surface area contributed by atoms with Crippen LogP contribution in [0.5, 0.6) is 0 Å². The summed E-state index contributed by atoms with van der Waals surface area (Å²) in [5.74, 6) is -2.47. The van der Waals surface area contributed by atoms with Gasteiger partial charge in [0.05, 0.1) is 29.3 Å². The van der Waals surface area contributed by atoms with Crippen molar-refractivity contribution in [3.8, 4) is 6.07 Å². The van der Waals surface area contributed by atoms with Crippen molar-refractivity contribution in [3.63, 3.8) is 0 Å². The predicted octanol–water partition coefficient (Wildman–Crippen LogP) is 4.20. The molecule has 0 saturated heterocycles. The molecule has 0 radical (unpaired) electrons. The number of amides is 1. The zero-order chi connectivity index (χ0) is 22.3. The van der Waals surface area contributed by atoms with Gasteiger partial charge >= 0.3 is 6.18 Å². The van der Waals surface area contributed by atoms with Crippen LogP contribution in [-0.2, 0) is 17.5 Å². The maximum atomic E-state index is 14.0. The van der Waals surface area contributed by atoms with E-state index < -0.39 is 47.0 Å². The second kappa shape index (κ2) is 7.42. The molecule has 156 valence electrons. The monoisotopic (exact) mass is 423 g/mol. The average Bonchev–Trinajstić information content (AvgIpc) is 2.95. The molecule has 0 spiro atoms. The van der Waals surface area contributed by atoms with Crippen LogP contribution in [0.15, 0.2) is 42.6 Å². The summed E-state index contributed by atoms with van der Waals surface area (Å²) >= 11 is 0. The summed E-state index contributed by atoms with van der Waals surface area (Å²) in [5, 5.41) is 21.5. The fraction of sp³-hybridized carbons (Fsp3) is 0.200. The molecule has 0 aliphatic carbocycles. The van der Waals surface area contributed by atoms with Crippen LogP contribution >= 0.6 is 0 Å². The van der Waals surface area contributed by atoms with E-state index in [2.05, 4.69) is 5.32 Å². The van der Waals surface area contributed by atoms with Crippen molar-refractivity contribution in [2.75, 3.05) is 5.32 Å². The minimum atomic E-state index is -4.81. The fourth-order valence-electron chi connectivity index (χ4n) is 2.98. The summed E-state index contributed by atoms with van der Waals surface area (Å²) in [4.78, 5) is 12.5. The van der Waals surface area contributed by atoms with Crippen LogP contribution in [0.4, 0.5) is 27.6 Å². The molecular weight excluding hydrogens is 409 g/mol. The van der Waals surface area contributed by atoms with Gasteiger partial charge in [0, 0.05) is 17.3 Å². The molecule has 10 heteroatoms. The highest BCUT2D eigenvalue weighted by Gasteiger charge is 2.35. The Balaban J connectivity index is 1.86. The number of hydrogen-bond donors (Lipinski definition) is 2. The number of aromatic nitrogens is 1. The fourth-order valence-corrected chi connectivity index (χ4v) is 2.98. The number of nitriles is 1. The van der Waals surface area contributed by atoms with Gasteiger partial charge in [0.15, 0.2) is 5.60 Å². The maximum Gasteiger partial charge on any atom is 0.417 e. The third-order valence-electron chi connectivity index (χ3n) is 4.47. The van der Waals surface area contributed by atoms with E-state index in [0.717, 1.165) is 37.4 Å². The first-order valence-corrected chi connectivity index (χ1v) is 8.51. The molecule has 2 N–H and O–H groups in total. The van der Waals surface area contributed by atoms with Gasteiger partial charge in [-0.3, -0.25) is 4.79 Å². The van der Waals surface area contributed by atoms with Crippen LogP contribution in [0.1, 0.15) is 18.1 Å². The summed E-state index contributed by atoms with van der Waals surface area (Å²) in [5.41, 5.74) is -4.06. The molecule has 0 aliphatic heterocycles. The Morgan fingerprint density at radius 2 is 1.90 bits per heavy atom. The number of benzene rings is 2. The molecule has 3 aromatic rings. The number of nitrogens with one attached hydrogen (secondary N) is 1. The first-order chi connectivity index (χ1) is 13.9. The van der Waals surface area contributed by atoms with Gasteiger partial charge < -0.3 is 15.0 Å². The van der Waals surface area contributed by atoms with E-state index in [-0.39, 0.29) is 16.6 Å². The SMILES string of the molecule is CC(O)(Cn1cc(F)c2cc(F)ccc21)C(=O)Nc1ccc(C#N)c(C(F)(F)F)c1. The van der Waals surface area contributed by atoms with Crippen LogP contribution in [0.25, 0.3) is 10.9 Å². The van der Waals surface area contributed by atoms with Crippen molar-refractivity contribution in [2.24, 2.45) is 0 Å². The summed E-state index contributed by atoms with van der Waals surface area (Å²) in [6.45, 7) is 0.650. The minimum Gasteiger partial charge on any atom is -0.378 e. The molecule has 3 rings (SSSR count). The van der Waals surface area contributed by atoms with E-state index in [4.69, 9.17) is 5.26 Å². The highest BCUT2D eigenvalue weighted by Crippen LogP contribution is 2.34. The number of carbonyl (C=O) groups excluding carboxylic acids is 1.